The zero-order valence-electron chi connectivity index (χ0n) is 10.3. The van der Waals surface area contributed by atoms with Gasteiger partial charge in [0.15, 0.2) is 0 Å². The third kappa shape index (κ3) is 5.31. The zero-order chi connectivity index (χ0) is 13.4. The van der Waals surface area contributed by atoms with Crippen molar-refractivity contribution in [3.63, 3.8) is 0 Å². The van der Waals surface area contributed by atoms with Crippen molar-refractivity contribution in [1.82, 2.24) is 0 Å². The van der Waals surface area contributed by atoms with Gasteiger partial charge in [-0.1, -0.05) is 34.1 Å². The molecule has 0 heterocycles. The first kappa shape index (κ1) is 15.4. The smallest absolute Gasteiger partial charge is 0.0826 e. The van der Waals surface area contributed by atoms with Crippen LogP contribution in [-0.4, -0.2) is 29.5 Å². The largest absolute Gasteiger partial charge is 0.396 e. The minimum Gasteiger partial charge on any atom is -0.396 e. The predicted octanol–water partition coefficient (Wildman–Crippen LogP) is 2.51. The van der Waals surface area contributed by atoms with Crippen molar-refractivity contribution in [1.29, 1.82) is 0 Å². The first-order chi connectivity index (χ1) is 8.67. The van der Waals surface area contributed by atoms with Gasteiger partial charge in [0.2, 0.25) is 0 Å². The van der Waals surface area contributed by atoms with Crippen molar-refractivity contribution in [2.24, 2.45) is 5.92 Å². The van der Waals surface area contributed by atoms with Gasteiger partial charge in [-0.05, 0) is 24.1 Å². The molecule has 1 rings (SSSR count). The van der Waals surface area contributed by atoms with E-state index < -0.39 is 6.10 Å². The van der Waals surface area contributed by atoms with Crippen LogP contribution in [0.15, 0.2) is 41.4 Å². The fraction of sp³-hybridized carbons (Fsp3) is 0.429. The summed E-state index contributed by atoms with van der Waals surface area (Å²) in [7, 11) is 0. The molecule has 2 atom stereocenters. The standard InChI is InChI=1S/C14H19BrO3/c1-2-3-12(8-16)14(17)10-18-9-11-4-6-13(15)7-5-11/h2,4-7,12,14,16-17H,1,3,8-10H2/t12-,14+/m1/s1. The predicted molar refractivity (Wildman–Crippen MR) is 75.2 cm³/mol. The average molecular weight is 315 g/mol. The van der Waals surface area contributed by atoms with Gasteiger partial charge >= 0.3 is 0 Å². The van der Waals surface area contributed by atoms with Gasteiger partial charge in [0.25, 0.3) is 0 Å². The number of allylic oxidation sites excluding steroid dienone is 1. The van der Waals surface area contributed by atoms with Crippen LogP contribution in [0.1, 0.15) is 12.0 Å². The fourth-order valence-electron chi connectivity index (χ4n) is 1.58. The molecule has 18 heavy (non-hydrogen) atoms. The quantitative estimate of drug-likeness (QED) is 0.725. The van der Waals surface area contributed by atoms with Crippen LogP contribution in [-0.2, 0) is 11.3 Å². The summed E-state index contributed by atoms with van der Waals surface area (Å²) in [6.45, 7) is 4.21. The molecule has 0 spiro atoms. The highest BCUT2D eigenvalue weighted by Crippen LogP contribution is 2.13. The number of benzene rings is 1. The molecule has 0 aliphatic carbocycles. The van der Waals surface area contributed by atoms with Crippen molar-refractivity contribution < 1.29 is 14.9 Å². The second kappa shape index (κ2) is 8.43. The van der Waals surface area contributed by atoms with E-state index in [4.69, 9.17) is 9.84 Å². The Morgan fingerprint density at radius 3 is 2.56 bits per heavy atom. The number of ether oxygens (including phenoxy) is 1. The summed E-state index contributed by atoms with van der Waals surface area (Å²) in [5.41, 5.74) is 1.05. The second-order valence-electron chi connectivity index (χ2n) is 4.18. The number of rotatable bonds is 8. The molecule has 1 aromatic rings. The Hall–Kier alpha value is -0.680. The lowest BCUT2D eigenvalue weighted by molar-refractivity contribution is -0.0152. The molecule has 0 fully saturated rings. The first-order valence-electron chi connectivity index (χ1n) is 5.89. The maximum Gasteiger partial charge on any atom is 0.0826 e. The Morgan fingerprint density at radius 1 is 1.33 bits per heavy atom. The van der Waals surface area contributed by atoms with Crippen molar-refractivity contribution in [3.05, 3.63) is 47.0 Å². The first-order valence-corrected chi connectivity index (χ1v) is 6.68. The highest BCUT2D eigenvalue weighted by atomic mass is 79.9. The summed E-state index contributed by atoms with van der Waals surface area (Å²) >= 11 is 3.36. The van der Waals surface area contributed by atoms with Crippen LogP contribution in [0.3, 0.4) is 0 Å². The van der Waals surface area contributed by atoms with Gasteiger partial charge in [0.1, 0.15) is 0 Å². The Labute approximate surface area is 116 Å². The summed E-state index contributed by atoms with van der Waals surface area (Å²) in [5, 5.41) is 18.9. The lowest BCUT2D eigenvalue weighted by Crippen LogP contribution is -2.28. The Bertz CT molecular complexity index is 351. The lowest BCUT2D eigenvalue weighted by Gasteiger charge is -2.19. The Balaban J connectivity index is 2.32. The normalized spacial score (nSPS) is 14.2. The van der Waals surface area contributed by atoms with Gasteiger partial charge in [-0.15, -0.1) is 6.58 Å². The minimum absolute atomic E-state index is 0.0607. The lowest BCUT2D eigenvalue weighted by atomic mass is 10.0. The fourth-order valence-corrected chi connectivity index (χ4v) is 1.85. The van der Waals surface area contributed by atoms with E-state index in [-0.39, 0.29) is 19.1 Å². The number of halogens is 1. The highest BCUT2D eigenvalue weighted by molar-refractivity contribution is 9.10. The molecule has 0 aliphatic rings. The maximum atomic E-state index is 9.82. The van der Waals surface area contributed by atoms with Crippen LogP contribution < -0.4 is 0 Å². The zero-order valence-corrected chi connectivity index (χ0v) is 11.8. The topological polar surface area (TPSA) is 49.7 Å². The van der Waals surface area contributed by atoms with Crippen molar-refractivity contribution in [2.75, 3.05) is 13.2 Å². The molecule has 0 aromatic heterocycles. The Kier molecular flexibility index (Phi) is 7.20. The van der Waals surface area contributed by atoms with E-state index in [9.17, 15) is 5.11 Å². The molecular formula is C14H19BrO3. The summed E-state index contributed by atoms with van der Waals surface area (Å²) in [6, 6.07) is 7.82. The van der Waals surface area contributed by atoms with Crippen molar-refractivity contribution in [3.8, 4) is 0 Å². The van der Waals surface area contributed by atoms with Crippen LogP contribution in [0.2, 0.25) is 0 Å². The number of aliphatic hydroxyl groups is 2. The summed E-state index contributed by atoms with van der Waals surface area (Å²) < 4.78 is 6.47. The molecule has 3 nitrogen and oxygen atoms in total. The van der Waals surface area contributed by atoms with Gasteiger partial charge in [0.05, 0.1) is 19.3 Å². The third-order valence-corrected chi connectivity index (χ3v) is 3.25. The monoisotopic (exact) mass is 314 g/mol. The van der Waals surface area contributed by atoms with Crippen LogP contribution in [0.4, 0.5) is 0 Å². The average Bonchev–Trinajstić information content (AvgIpc) is 2.38. The van der Waals surface area contributed by atoms with Gasteiger partial charge < -0.3 is 14.9 Å². The van der Waals surface area contributed by atoms with E-state index >= 15 is 0 Å². The molecular weight excluding hydrogens is 296 g/mol. The highest BCUT2D eigenvalue weighted by Gasteiger charge is 2.16. The molecule has 4 heteroatoms. The molecule has 0 amide bonds. The summed E-state index contributed by atoms with van der Waals surface area (Å²) in [6.07, 6.45) is 1.61. The van der Waals surface area contributed by atoms with E-state index in [1.165, 1.54) is 0 Å². The van der Waals surface area contributed by atoms with Crippen LogP contribution in [0, 0.1) is 5.92 Å². The SMILES string of the molecule is C=CC[C@H](CO)[C@@H](O)COCc1ccc(Br)cc1. The Morgan fingerprint density at radius 2 is 2.00 bits per heavy atom. The van der Waals surface area contributed by atoms with Crippen molar-refractivity contribution >= 4 is 15.9 Å². The van der Waals surface area contributed by atoms with Gasteiger partial charge in [0, 0.05) is 17.0 Å². The summed E-state index contributed by atoms with van der Waals surface area (Å²) in [5.74, 6) is -0.201. The molecule has 0 aliphatic heterocycles. The van der Waals surface area contributed by atoms with Crippen molar-refractivity contribution in [2.45, 2.75) is 19.1 Å². The molecule has 0 saturated heterocycles. The van der Waals surface area contributed by atoms with Crippen LogP contribution >= 0.6 is 15.9 Å². The number of hydrogen-bond donors (Lipinski definition) is 2. The number of aliphatic hydroxyl groups excluding tert-OH is 2. The molecule has 1 aromatic carbocycles. The second-order valence-corrected chi connectivity index (χ2v) is 5.09. The molecule has 2 N–H and O–H groups in total. The van der Waals surface area contributed by atoms with Crippen LogP contribution in [0.5, 0.6) is 0 Å². The molecule has 0 unspecified atom stereocenters. The minimum atomic E-state index is -0.663. The third-order valence-electron chi connectivity index (χ3n) is 2.72. The van der Waals surface area contributed by atoms with Gasteiger partial charge in [-0.3, -0.25) is 0 Å². The van der Waals surface area contributed by atoms with E-state index in [2.05, 4.69) is 22.5 Å². The molecule has 0 radical (unpaired) electrons. The van der Waals surface area contributed by atoms with E-state index in [0.717, 1.165) is 10.0 Å². The molecule has 0 bridgehead atoms. The molecule has 100 valence electrons. The number of hydrogen-bond acceptors (Lipinski definition) is 3. The van der Waals surface area contributed by atoms with Gasteiger partial charge in [-0.25, -0.2) is 0 Å². The summed E-state index contributed by atoms with van der Waals surface area (Å²) in [4.78, 5) is 0. The van der Waals surface area contributed by atoms with Crippen LogP contribution in [0.25, 0.3) is 0 Å². The van der Waals surface area contributed by atoms with E-state index in [1.807, 2.05) is 24.3 Å². The van der Waals surface area contributed by atoms with E-state index in [1.54, 1.807) is 6.08 Å². The van der Waals surface area contributed by atoms with E-state index in [0.29, 0.717) is 13.0 Å². The van der Waals surface area contributed by atoms with Gasteiger partial charge in [-0.2, -0.15) is 0 Å². The molecule has 0 saturated carbocycles. The maximum absolute atomic E-state index is 9.82.